The lowest BCUT2D eigenvalue weighted by Crippen LogP contribution is -2.41. The second-order valence-electron chi connectivity index (χ2n) is 10.8. The molecule has 14 nitrogen and oxygen atoms in total. The largest absolute Gasteiger partial charge is 0.464 e. The van der Waals surface area contributed by atoms with E-state index in [4.69, 9.17) is 24.3 Å². The van der Waals surface area contributed by atoms with Crippen molar-refractivity contribution in [3.8, 4) is 11.8 Å². The molecule has 1 aromatic carbocycles. The van der Waals surface area contributed by atoms with Gasteiger partial charge in [0.15, 0.2) is 5.82 Å². The summed E-state index contributed by atoms with van der Waals surface area (Å²) in [4.78, 5) is 16.5. The van der Waals surface area contributed by atoms with Crippen molar-refractivity contribution in [2.75, 3.05) is 18.9 Å². The molecule has 220 valence electrons. The zero-order chi connectivity index (χ0) is 30.0. The number of carbonyl (C=O) groups is 1. The van der Waals surface area contributed by atoms with Crippen LogP contribution in [0.4, 0.5) is 5.82 Å². The lowest BCUT2D eigenvalue weighted by Gasteiger charge is -2.26. The fourth-order valence-electron chi connectivity index (χ4n) is 4.13. The van der Waals surface area contributed by atoms with Crippen molar-refractivity contribution in [3.63, 3.8) is 0 Å². The molecule has 0 bridgehead atoms. The van der Waals surface area contributed by atoms with Gasteiger partial charge in [0.2, 0.25) is 5.60 Å². The number of nitrogens with one attached hydrogen (secondary N) is 1. The molecule has 41 heavy (non-hydrogen) atoms. The average Bonchev–Trinajstić information content (AvgIpc) is 3.47. The Labute approximate surface area is 236 Å². The molecule has 1 fully saturated rings. The maximum Gasteiger partial charge on any atom is 0.459 e. The first kappa shape index (κ1) is 30.4. The van der Waals surface area contributed by atoms with Crippen LogP contribution in [0.25, 0.3) is 5.52 Å². The van der Waals surface area contributed by atoms with Crippen LogP contribution >= 0.6 is 7.75 Å². The van der Waals surface area contributed by atoms with Gasteiger partial charge in [-0.3, -0.25) is 9.32 Å². The Hall–Kier alpha value is -3.57. The summed E-state index contributed by atoms with van der Waals surface area (Å²) in [5, 5.41) is 38.6. The zero-order valence-electron chi connectivity index (χ0n) is 23.0. The first-order valence-electron chi connectivity index (χ1n) is 12.8. The van der Waals surface area contributed by atoms with Crippen molar-refractivity contribution >= 4 is 25.1 Å². The van der Waals surface area contributed by atoms with Gasteiger partial charge in [0.05, 0.1) is 18.9 Å². The molecule has 1 unspecified atom stereocenters. The highest BCUT2D eigenvalue weighted by Crippen LogP contribution is 2.47. The minimum atomic E-state index is -4.32. The van der Waals surface area contributed by atoms with E-state index in [1.807, 2.05) is 26.8 Å². The minimum Gasteiger partial charge on any atom is -0.464 e. The van der Waals surface area contributed by atoms with Crippen LogP contribution in [-0.2, 0) is 29.0 Å². The van der Waals surface area contributed by atoms with Crippen molar-refractivity contribution in [1.82, 2.24) is 19.7 Å². The Morgan fingerprint density at radius 2 is 2.00 bits per heavy atom. The molecule has 3 aromatic rings. The highest BCUT2D eigenvalue weighted by atomic mass is 31.2. The quantitative estimate of drug-likeness (QED) is 0.198. The molecule has 1 aliphatic rings. The third kappa shape index (κ3) is 6.51. The van der Waals surface area contributed by atoms with Crippen molar-refractivity contribution < 1.29 is 38.1 Å². The molecular formula is C26H33N6O8P. The number of aliphatic hydroxyl groups is 2. The third-order valence-electron chi connectivity index (χ3n) is 6.22. The van der Waals surface area contributed by atoms with Gasteiger partial charge in [0.1, 0.15) is 48.0 Å². The molecule has 0 aliphatic carbocycles. The fraction of sp³-hybridized carbons (Fsp3) is 0.462. The molecule has 2 aromatic heterocycles. The highest BCUT2D eigenvalue weighted by molar-refractivity contribution is 7.52. The Morgan fingerprint density at radius 1 is 1.29 bits per heavy atom. The maximum absolute atomic E-state index is 13.9. The summed E-state index contributed by atoms with van der Waals surface area (Å²) in [5.74, 6) is -0.375. The molecule has 3 heterocycles. The van der Waals surface area contributed by atoms with Gasteiger partial charge in [-0.15, -0.1) is 0 Å². The van der Waals surface area contributed by atoms with Crippen LogP contribution in [0.3, 0.4) is 0 Å². The molecule has 6 atom stereocenters. The van der Waals surface area contributed by atoms with Crippen molar-refractivity contribution in [2.45, 2.75) is 57.6 Å². The number of nitrogen functional groups attached to an aromatic ring is 1. The number of hydrogen-bond donors (Lipinski definition) is 4. The van der Waals surface area contributed by atoms with Crippen LogP contribution in [0.5, 0.6) is 5.75 Å². The Morgan fingerprint density at radius 3 is 2.66 bits per heavy atom. The maximum atomic E-state index is 13.9. The number of ether oxygens (including phenoxy) is 2. The molecule has 0 amide bonds. The van der Waals surface area contributed by atoms with Crippen LogP contribution in [0.2, 0.25) is 0 Å². The number of hydrogen-bond acceptors (Lipinski definition) is 12. The number of rotatable bonds is 10. The van der Waals surface area contributed by atoms with E-state index >= 15 is 0 Å². The van der Waals surface area contributed by atoms with Gasteiger partial charge in [-0.25, -0.2) is 14.1 Å². The molecule has 4 rings (SSSR count). The van der Waals surface area contributed by atoms with Crippen LogP contribution in [-0.4, -0.2) is 68.3 Å². The molecular weight excluding hydrogens is 555 g/mol. The number of anilines is 1. The standard InChI is InChI=1S/C26H33N6O8P/c1-16(24(35)37-14-25(2,3)4)31-41(36,40-17-8-6-5-7-9-17)38-12-19-21(33)22(34)26(13-27,39-19)20-11-10-18-23(28)29-15-30-32(18)20/h5-11,15-16,19,21-22,33-34H,12,14H2,1-4H3,(H,31,36)(H2,28,29,30)/t16-,19+,21+,22+,26?,41-/m0/s1. The number of esters is 1. The topological polar surface area (TPSA) is 204 Å². The number of aromatic nitrogens is 3. The van der Waals surface area contributed by atoms with E-state index in [0.29, 0.717) is 5.52 Å². The predicted molar refractivity (Wildman–Crippen MR) is 145 cm³/mol. The lowest BCUT2D eigenvalue weighted by molar-refractivity contribution is -0.148. The van der Waals surface area contributed by atoms with Crippen LogP contribution < -0.4 is 15.3 Å². The Kier molecular flexibility index (Phi) is 8.70. The SMILES string of the molecule is C[C@H](N[P@](=O)(OC[C@H]1OC(C#N)(c2ccc3c(N)ncnn23)[C@H](O)[C@@H]1O)Oc1ccccc1)C(=O)OCC(C)(C)C. The summed E-state index contributed by atoms with van der Waals surface area (Å²) in [6, 6.07) is 11.9. The summed E-state index contributed by atoms with van der Waals surface area (Å²) in [5.41, 5.74) is 3.97. The number of carbonyl (C=O) groups excluding carboxylic acids is 1. The molecule has 1 saturated heterocycles. The second-order valence-corrected chi connectivity index (χ2v) is 12.5. The van der Waals surface area contributed by atoms with Gasteiger partial charge in [-0.05, 0) is 36.6 Å². The second kappa shape index (κ2) is 11.7. The number of aliphatic hydroxyl groups excluding tert-OH is 2. The molecule has 5 N–H and O–H groups in total. The lowest BCUT2D eigenvalue weighted by atomic mass is 9.92. The fourth-order valence-corrected chi connectivity index (χ4v) is 5.64. The zero-order valence-corrected chi connectivity index (χ0v) is 23.9. The van der Waals surface area contributed by atoms with E-state index in [1.165, 1.54) is 36.0 Å². The van der Waals surface area contributed by atoms with Crippen molar-refractivity contribution in [2.24, 2.45) is 5.41 Å². The molecule has 0 spiro atoms. The van der Waals surface area contributed by atoms with E-state index in [2.05, 4.69) is 15.2 Å². The van der Waals surface area contributed by atoms with E-state index in [1.54, 1.807) is 24.3 Å². The van der Waals surface area contributed by atoms with Crippen LogP contribution in [0.15, 0.2) is 48.8 Å². The molecule has 0 radical (unpaired) electrons. The van der Waals surface area contributed by atoms with Crippen molar-refractivity contribution in [3.05, 3.63) is 54.5 Å². The molecule has 0 saturated carbocycles. The number of benzene rings is 1. The highest BCUT2D eigenvalue weighted by Gasteiger charge is 2.58. The summed E-state index contributed by atoms with van der Waals surface area (Å²) >= 11 is 0. The number of nitriles is 1. The monoisotopic (exact) mass is 588 g/mol. The predicted octanol–water partition coefficient (Wildman–Crippen LogP) is 1.92. The van der Waals surface area contributed by atoms with Gasteiger partial charge in [0.25, 0.3) is 0 Å². The van der Waals surface area contributed by atoms with Crippen molar-refractivity contribution in [1.29, 1.82) is 5.26 Å². The first-order valence-corrected chi connectivity index (χ1v) is 14.3. The van der Waals surface area contributed by atoms with E-state index in [9.17, 15) is 24.8 Å². The van der Waals surface area contributed by atoms with Gasteiger partial charge in [-0.1, -0.05) is 39.0 Å². The number of nitrogens with zero attached hydrogens (tertiary/aromatic N) is 4. The third-order valence-corrected chi connectivity index (χ3v) is 7.86. The number of fused-ring (bicyclic) bond motifs is 1. The molecule has 15 heteroatoms. The minimum absolute atomic E-state index is 0.0928. The number of nitrogens with two attached hydrogens (primary N) is 1. The van der Waals surface area contributed by atoms with Gasteiger partial charge < -0.3 is 29.9 Å². The van der Waals surface area contributed by atoms with Crippen LogP contribution in [0, 0.1) is 16.7 Å². The summed E-state index contributed by atoms with van der Waals surface area (Å²) < 4.78 is 37.6. The van der Waals surface area contributed by atoms with E-state index < -0.39 is 50.3 Å². The molecule has 1 aliphatic heterocycles. The Balaban J connectivity index is 1.55. The van der Waals surface area contributed by atoms with Crippen LogP contribution in [0.1, 0.15) is 33.4 Å². The van der Waals surface area contributed by atoms with E-state index in [0.717, 1.165) is 0 Å². The summed E-state index contributed by atoms with van der Waals surface area (Å²) in [7, 11) is -4.32. The van der Waals surface area contributed by atoms with Gasteiger partial charge in [-0.2, -0.15) is 15.4 Å². The van der Waals surface area contributed by atoms with E-state index in [-0.39, 0.29) is 29.3 Å². The van der Waals surface area contributed by atoms with Gasteiger partial charge in [0, 0.05) is 0 Å². The summed E-state index contributed by atoms with van der Waals surface area (Å²) in [6.45, 7) is 6.66. The number of para-hydroxylation sites is 1. The first-order chi connectivity index (χ1) is 19.3. The average molecular weight is 589 g/mol. The smallest absolute Gasteiger partial charge is 0.459 e. The van der Waals surface area contributed by atoms with Gasteiger partial charge >= 0.3 is 13.7 Å². The Bertz CT molecular complexity index is 1470. The normalized spacial score (nSPS) is 24.9. The summed E-state index contributed by atoms with van der Waals surface area (Å²) in [6.07, 6.45) is -3.55.